The van der Waals surface area contributed by atoms with Crippen molar-refractivity contribution in [3.63, 3.8) is 0 Å². The second kappa shape index (κ2) is 13.2. The van der Waals surface area contributed by atoms with Gasteiger partial charge < -0.3 is 4.57 Å². The van der Waals surface area contributed by atoms with Crippen LogP contribution < -0.4 is 0 Å². The topological polar surface area (TPSA) is 56.5 Å². The Labute approximate surface area is 326 Å². The average Bonchev–Trinajstić information content (AvgIpc) is 3.83. The second-order valence-electron chi connectivity index (χ2n) is 13.9. The van der Waals surface area contributed by atoms with Gasteiger partial charge in [0.2, 0.25) is 0 Å². The molecule has 0 atom stereocenters. The molecule has 6 heteroatoms. The van der Waals surface area contributed by atoms with Gasteiger partial charge in [0.15, 0.2) is 17.5 Å². The summed E-state index contributed by atoms with van der Waals surface area (Å²) in [5.41, 5.74) is 10.8. The summed E-state index contributed by atoms with van der Waals surface area (Å²) in [6.07, 6.45) is 3.66. The summed E-state index contributed by atoms with van der Waals surface area (Å²) in [5.74, 6) is 1.90. The SMILES string of the molecule is c1ccc(-c2nc(-c3ccc(-c4cccnc4)cc3)nc(-c3ccc(-c4ccc5c(c4)c4ccc6c7ccccc7sc6c4n5-c4ccccc4)cc3)n2)cc1. The van der Waals surface area contributed by atoms with Crippen molar-refractivity contribution in [1.82, 2.24) is 24.5 Å². The van der Waals surface area contributed by atoms with E-state index in [-0.39, 0.29) is 0 Å². The molecule has 5 nitrogen and oxygen atoms in total. The van der Waals surface area contributed by atoms with Crippen LogP contribution in [0.5, 0.6) is 0 Å². The van der Waals surface area contributed by atoms with E-state index in [4.69, 9.17) is 15.0 Å². The molecule has 0 saturated carbocycles. The number of nitrogens with zero attached hydrogens (tertiary/aromatic N) is 5. The molecule has 0 fully saturated rings. The van der Waals surface area contributed by atoms with Gasteiger partial charge in [-0.05, 0) is 58.7 Å². The normalized spacial score (nSPS) is 11.6. The standard InChI is InChI=1S/C50H31N5S/c1-3-10-34(11-4-1)48-52-49(54-50(53-48)36-23-19-33(20-24-36)38-12-9-29-51-31-38)35-21-17-32(18-22-35)37-25-28-44-43(30-37)41-26-27-42-40-15-7-8-16-45(40)56-47(42)46(41)55(44)39-13-5-2-6-14-39/h1-31H. The zero-order chi connectivity index (χ0) is 37.0. The first kappa shape index (κ1) is 32.2. The summed E-state index contributed by atoms with van der Waals surface area (Å²) < 4.78 is 5.05. The lowest BCUT2D eigenvalue weighted by molar-refractivity contribution is 1.07. The zero-order valence-electron chi connectivity index (χ0n) is 30.0. The van der Waals surface area contributed by atoms with E-state index < -0.39 is 0 Å². The van der Waals surface area contributed by atoms with Crippen molar-refractivity contribution in [2.24, 2.45) is 0 Å². The maximum atomic E-state index is 5.02. The number of hydrogen-bond acceptors (Lipinski definition) is 5. The minimum atomic E-state index is 0.628. The first-order valence-electron chi connectivity index (χ1n) is 18.6. The number of benzene rings is 7. The van der Waals surface area contributed by atoms with E-state index in [0.29, 0.717) is 17.5 Å². The minimum absolute atomic E-state index is 0.628. The molecule has 11 aromatic rings. The van der Waals surface area contributed by atoms with Crippen molar-refractivity contribution in [2.75, 3.05) is 0 Å². The van der Waals surface area contributed by atoms with Gasteiger partial charge in [-0.25, -0.2) is 15.0 Å². The molecule has 4 heterocycles. The first-order valence-corrected chi connectivity index (χ1v) is 19.4. The lowest BCUT2D eigenvalue weighted by atomic mass is 10.0. The summed E-state index contributed by atoms with van der Waals surface area (Å²) >= 11 is 1.87. The number of pyridine rings is 1. The molecular weight excluding hydrogens is 703 g/mol. The van der Waals surface area contributed by atoms with E-state index in [2.05, 4.69) is 149 Å². The summed E-state index contributed by atoms with van der Waals surface area (Å²) in [6, 6.07) is 61.9. The maximum absolute atomic E-state index is 5.02. The van der Waals surface area contributed by atoms with Crippen molar-refractivity contribution in [3.05, 3.63) is 188 Å². The third-order valence-electron chi connectivity index (χ3n) is 10.6. The highest BCUT2D eigenvalue weighted by molar-refractivity contribution is 7.26. The number of fused-ring (bicyclic) bond motifs is 7. The molecular formula is C50H31N5S. The third kappa shape index (κ3) is 5.46. The van der Waals surface area contributed by atoms with Crippen molar-refractivity contribution in [1.29, 1.82) is 0 Å². The van der Waals surface area contributed by atoms with Gasteiger partial charge in [0, 0.05) is 61.0 Å². The summed E-state index contributed by atoms with van der Waals surface area (Å²) in [5, 5.41) is 5.09. The Morgan fingerprint density at radius 1 is 0.393 bits per heavy atom. The smallest absolute Gasteiger partial charge is 0.164 e. The molecule has 11 rings (SSSR count). The molecule has 0 aliphatic heterocycles. The fraction of sp³-hybridized carbons (Fsp3) is 0. The van der Waals surface area contributed by atoms with Gasteiger partial charge >= 0.3 is 0 Å². The summed E-state index contributed by atoms with van der Waals surface area (Å²) in [7, 11) is 0. The van der Waals surface area contributed by atoms with Crippen LogP contribution in [-0.2, 0) is 0 Å². The molecule has 4 aromatic heterocycles. The molecule has 0 unspecified atom stereocenters. The van der Waals surface area contributed by atoms with Gasteiger partial charge in [-0.15, -0.1) is 11.3 Å². The average molecular weight is 734 g/mol. The molecule has 0 spiro atoms. The fourth-order valence-electron chi connectivity index (χ4n) is 7.81. The van der Waals surface area contributed by atoms with Crippen molar-refractivity contribution in [2.45, 2.75) is 0 Å². The van der Waals surface area contributed by atoms with Gasteiger partial charge in [0.1, 0.15) is 0 Å². The van der Waals surface area contributed by atoms with Crippen LogP contribution in [0.1, 0.15) is 0 Å². The Morgan fingerprint density at radius 2 is 0.946 bits per heavy atom. The maximum Gasteiger partial charge on any atom is 0.164 e. The van der Waals surface area contributed by atoms with Crippen LogP contribution in [0.2, 0.25) is 0 Å². The molecule has 0 saturated heterocycles. The quantitative estimate of drug-likeness (QED) is 0.171. The molecule has 7 aromatic carbocycles. The van der Waals surface area contributed by atoms with Crippen LogP contribution in [-0.4, -0.2) is 24.5 Å². The van der Waals surface area contributed by atoms with E-state index in [1.165, 1.54) is 42.0 Å². The van der Waals surface area contributed by atoms with Crippen LogP contribution in [0.15, 0.2) is 188 Å². The molecule has 0 bridgehead atoms. The zero-order valence-corrected chi connectivity index (χ0v) is 30.9. The summed E-state index contributed by atoms with van der Waals surface area (Å²) in [6.45, 7) is 0. The van der Waals surface area contributed by atoms with Crippen LogP contribution in [0, 0.1) is 0 Å². The Hall–Kier alpha value is -7.28. The second-order valence-corrected chi connectivity index (χ2v) is 15.0. The highest BCUT2D eigenvalue weighted by Gasteiger charge is 2.19. The van der Waals surface area contributed by atoms with Crippen LogP contribution in [0.25, 0.3) is 104 Å². The molecule has 0 aliphatic carbocycles. The van der Waals surface area contributed by atoms with E-state index in [9.17, 15) is 0 Å². The Kier molecular flexibility index (Phi) is 7.60. The predicted octanol–water partition coefficient (Wildman–Crippen LogP) is 13.1. The van der Waals surface area contributed by atoms with Crippen molar-refractivity contribution in [3.8, 4) is 62.1 Å². The first-order chi connectivity index (χ1) is 27.7. The van der Waals surface area contributed by atoms with Crippen LogP contribution >= 0.6 is 11.3 Å². The number of aromatic nitrogens is 5. The van der Waals surface area contributed by atoms with Gasteiger partial charge in [-0.2, -0.15) is 0 Å². The molecule has 262 valence electrons. The van der Waals surface area contributed by atoms with Gasteiger partial charge in [-0.1, -0.05) is 140 Å². The Bertz CT molecular complexity index is 3210. The molecule has 0 amide bonds. The van der Waals surface area contributed by atoms with Gasteiger partial charge in [0.25, 0.3) is 0 Å². The highest BCUT2D eigenvalue weighted by atomic mass is 32.1. The Morgan fingerprint density at radius 3 is 1.62 bits per heavy atom. The number of rotatable bonds is 6. The van der Waals surface area contributed by atoms with Gasteiger partial charge in [-0.3, -0.25) is 4.98 Å². The minimum Gasteiger partial charge on any atom is -0.308 e. The largest absolute Gasteiger partial charge is 0.308 e. The van der Waals surface area contributed by atoms with Crippen LogP contribution in [0.4, 0.5) is 0 Å². The van der Waals surface area contributed by atoms with E-state index >= 15 is 0 Å². The number of hydrogen-bond donors (Lipinski definition) is 0. The molecule has 56 heavy (non-hydrogen) atoms. The molecule has 0 N–H and O–H groups in total. The third-order valence-corrected chi connectivity index (χ3v) is 11.8. The number of para-hydroxylation sites is 1. The molecule has 0 radical (unpaired) electrons. The van der Waals surface area contributed by atoms with E-state index in [1.807, 2.05) is 53.9 Å². The van der Waals surface area contributed by atoms with E-state index in [0.717, 1.165) is 44.6 Å². The summed E-state index contributed by atoms with van der Waals surface area (Å²) in [4.78, 5) is 19.2. The van der Waals surface area contributed by atoms with Crippen molar-refractivity contribution < 1.29 is 0 Å². The van der Waals surface area contributed by atoms with Crippen LogP contribution in [0.3, 0.4) is 0 Å². The van der Waals surface area contributed by atoms with E-state index in [1.54, 1.807) is 6.20 Å². The highest BCUT2D eigenvalue weighted by Crippen LogP contribution is 2.43. The fourth-order valence-corrected chi connectivity index (χ4v) is 9.05. The Balaban J connectivity index is 1.01. The lowest BCUT2D eigenvalue weighted by Crippen LogP contribution is -2.00. The van der Waals surface area contributed by atoms with Crippen molar-refractivity contribution >= 4 is 53.3 Å². The predicted molar refractivity (Wildman–Crippen MR) is 232 cm³/mol. The lowest BCUT2D eigenvalue weighted by Gasteiger charge is -2.10. The number of thiophene rings is 1. The monoisotopic (exact) mass is 733 g/mol. The molecule has 0 aliphatic rings. The van der Waals surface area contributed by atoms with Gasteiger partial charge in [0.05, 0.1) is 15.7 Å².